The predicted octanol–water partition coefficient (Wildman–Crippen LogP) is 13.3. The van der Waals surface area contributed by atoms with Crippen LogP contribution in [0.15, 0.2) is 224 Å². The Morgan fingerprint density at radius 2 is 0.828 bits per heavy atom. The van der Waals surface area contributed by atoms with Gasteiger partial charge in [0.1, 0.15) is 0 Å². The van der Waals surface area contributed by atoms with Crippen LogP contribution in [0.2, 0.25) is 0 Å². The zero-order chi connectivity index (χ0) is 42.1. The van der Waals surface area contributed by atoms with E-state index in [0.717, 1.165) is 55.4 Å². The van der Waals surface area contributed by atoms with Crippen LogP contribution in [0.5, 0.6) is 0 Å². The molecule has 2 aliphatic heterocycles. The Hall–Kier alpha value is -8.55. The molecule has 0 N–H and O–H groups in total. The fourth-order valence-electron chi connectivity index (χ4n) is 10.0. The van der Waals surface area contributed by atoms with Crippen LogP contribution in [0.4, 0.5) is 22.7 Å². The van der Waals surface area contributed by atoms with Crippen LogP contribution < -0.4 is 15.1 Å². The van der Waals surface area contributed by atoms with E-state index in [1.165, 1.54) is 39.1 Å². The average Bonchev–Trinajstić information content (AvgIpc) is 3.71. The minimum atomic E-state index is -0.119. The van der Waals surface area contributed by atoms with Crippen molar-refractivity contribution in [3.63, 3.8) is 0 Å². The van der Waals surface area contributed by atoms with Gasteiger partial charge in [-0.25, -0.2) is 4.98 Å². The first-order valence-electron chi connectivity index (χ1n) is 21.7. The number of hydrogen-bond acceptors (Lipinski definition) is 5. The summed E-state index contributed by atoms with van der Waals surface area (Å²) in [5.41, 5.74) is 17.1. The van der Waals surface area contributed by atoms with Crippen molar-refractivity contribution >= 4 is 57.0 Å². The van der Waals surface area contributed by atoms with E-state index < -0.39 is 0 Å². The van der Waals surface area contributed by atoms with Crippen molar-refractivity contribution in [2.24, 2.45) is 0 Å². The van der Waals surface area contributed by atoms with Crippen LogP contribution in [0, 0.1) is 0 Å². The molecule has 7 heteroatoms. The molecule has 0 saturated carbocycles. The summed E-state index contributed by atoms with van der Waals surface area (Å²) in [5, 5.41) is 2.27. The highest BCUT2D eigenvalue weighted by Crippen LogP contribution is 2.49. The molecule has 0 aliphatic carbocycles. The minimum Gasteiger partial charge on any atom is -0.361 e. The van der Waals surface area contributed by atoms with Gasteiger partial charge in [-0.3, -0.25) is 4.57 Å². The largest absolute Gasteiger partial charge is 0.421 e. The van der Waals surface area contributed by atoms with E-state index >= 15 is 0 Å². The van der Waals surface area contributed by atoms with Gasteiger partial charge in [0.05, 0.1) is 11.0 Å². The second kappa shape index (κ2) is 14.5. The highest BCUT2D eigenvalue weighted by Gasteiger charge is 2.46. The Balaban J connectivity index is 1.00. The molecule has 0 atom stereocenters. The Morgan fingerprint density at radius 1 is 0.328 bits per heavy atom. The van der Waals surface area contributed by atoms with Crippen molar-refractivity contribution < 1.29 is 0 Å². The van der Waals surface area contributed by atoms with E-state index in [2.05, 4.69) is 178 Å². The zero-order valence-corrected chi connectivity index (χ0v) is 34.6. The lowest BCUT2D eigenvalue weighted by molar-refractivity contribution is 0.953. The topological polar surface area (TPSA) is 50.1 Å². The van der Waals surface area contributed by atoms with Gasteiger partial charge in [-0.15, -0.1) is 0 Å². The molecule has 0 bridgehead atoms. The maximum atomic E-state index is 5.15. The predicted molar refractivity (Wildman–Crippen MR) is 264 cm³/mol. The first-order valence-corrected chi connectivity index (χ1v) is 21.7. The molecule has 0 amide bonds. The maximum absolute atomic E-state index is 5.15. The van der Waals surface area contributed by atoms with Gasteiger partial charge in [-0.1, -0.05) is 164 Å². The number of hydrogen-bond donors (Lipinski definition) is 0. The summed E-state index contributed by atoms with van der Waals surface area (Å²) in [5.74, 6) is 1.84. The molecule has 0 saturated heterocycles. The van der Waals surface area contributed by atoms with Crippen LogP contribution in [-0.4, -0.2) is 26.5 Å². The Bertz CT molecular complexity index is 3520. The van der Waals surface area contributed by atoms with Crippen molar-refractivity contribution in [1.29, 1.82) is 0 Å². The summed E-state index contributed by atoms with van der Waals surface area (Å²) in [6, 6.07) is 80.0. The first-order chi connectivity index (χ1) is 31.8. The summed E-state index contributed by atoms with van der Waals surface area (Å²) < 4.78 is 2.19. The standard InChI is InChI=1S/C57H37BN6/c1-5-18-38(19-6-1)55-59-56(39-20-7-2-8-21-39)61-57(60-55)62-50-30-15-13-27-45(50)48-36-40(32-34-51(48)62)41-33-35-53-49(37-41)47-29-17-28-46-44-26-14-16-31-52(44)63(42-22-9-3-10-23-42)58(54(46)47)64(53)43-24-11-4-12-25-43/h1-37H. The van der Waals surface area contributed by atoms with Crippen molar-refractivity contribution in [1.82, 2.24) is 19.5 Å². The Labute approximate surface area is 371 Å². The summed E-state index contributed by atoms with van der Waals surface area (Å²) in [6.45, 7) is -0.119. The third kappa shape index (κ3) is 5.64. The first kappa shape index (κ1) is 36.1. The molecule has 2 aliphatic rings. The van der Waals surface area contributed by atoms with Gasteiger partial charge in [-0.05, 0) is 88.4 Å². The fourth-order valence-corrected chi connectivity index (χ4v) is 10.0. The molecule has 298 valence electrons. The highest BCUT2D eigenvalue weighted by atomic mass is 15.2. The van der Waals surface area contributed by atoms with Crippen LogP contribution in [-0.2, 0) is 0 Å². The lowest BCUT2D eigenvalue weighted by atomic mass is 9.53. The number of para-hydroxylation sites is 4. The smallest absolute Gasteiger partial charge is 0.361 e. The van der Waals surface area contributed by atoms with Gasteiger partial charge < -0.3 is 9.62 Å². The van der Waals surface area contributed by atoms with Crippen LogP contribution >= 0.6 is 0 Å². The van der Waals surface area contributed by atoms with Gasteiger partial charge in [-0.2, -0.15) is 9.97 Å². The van der Waals surface area contributed by atoms with Crippen LogP contribution in [0.25, 0.3) is 83.9 Å². The summed E-state index contributed by atoms with van der Waals surface area (Å²) >= 11 is 0. The molecule has 13 rings (SSSR count). The molecule has 0 radical (unpaired) electrons. The van der Waals surface area contributed by atoms with E-state index in [4.69, 9.17) is 15.0 Å². The highest BCUT2D eigenvalue weighted by molar-refractivity contribution is 6.86. The van der Waals surface area contributed by atoms with Gasteiger partial charge >= 0.3 is 6.98 Å². The molecule has 6 nitrogen and oxygen atoms in total. The lowest BCUT2D eigenvalue weighted by Crippen LogP contribution is -2.61. The van der Waals surface area contributed by atoms with E-state index in [-0.39, 0.29) is 6.98 Å². The van der Waals surface area contributed by atoms with E-state index in [0.29, 0.717) is 17.6 Å². The lowest BCUT2D eigenvalue weighted by Gasteiger charge is -2.47. The van der Waals surface area contributed by atoms with Crippen molar-refractivity contribution in [2.45, 2.75) is 0 Å². The summed E-state index contributed by atoms with van der Waals surface area (Å²) in [4.78, 5) is 20.3. The number of rotatable bonds is 6. The van der Waals surface area contributed by atoms with Crippen LogP contribution in [0.3, 0.4) is 0 Å². The molecule has 2 aromatic heterocycles. The van der Waals surface area contributed by atoms with E-state index in [9.17, 15) is 0 Å². The second-order valence-corrected chi connectivity index (χ2v) is 16.4. The number of nitrogens with zero attached hydrogens (tertiary/aromatic N) is 6. The van der Waals surface area contributed by atoms with Crippen molar-refractivity contribution in [2.75, 3.05) is 9.62 Å². The summed E-state index contributed by atoms with van der Waals surface area (Å²) in [6.07, 6.45) is 0. The number of benzene rings is 9. The third-order valence-electron chi connectivity index (χ3n) is 12.8. The molecule has 4 heterocycles. The quantitative estimate of drug-likeness (QED) is 0.156. The minimum absolute atomic E-state index is 0.119. The normalized spacial score (nSPS) is 12.6. The molecule has 9 aromatic carbocycles. The van der Waals surface area contributed by atoms with E-state index in [1.807, 2.05) is 60.7 Å². The van der Waals surface area contributed by atoms with Gasteiger partial charge in [0.15, 0.2) is 11.6 Å². The molecule has 0 spiro atoms. The van der Waals surface area contributed by atoms with Gasteiger partial charge in [0.2, 0.25) is 5.95 Å². The maximum Gasteiger partial charge on any atom is 0.421 e. The number of anilines is 4. The Kier molecular flexibility index (Phi) is 8.21. The molecule has 0 fully saturated rings. The monoisotopic (exact) mass is 816 g/mol. The van der Waals surface area contributed by atoms with Crippen molar-refractivity contribution in [3.05, 3.63) is 224 Å². The number of fused-ring (bicyclic) bond motifs is 7. The zero-order valence-electron chi connectivity index (χ0n) is 34.6. The van der Waals surface area contributed by atoms with Gasteiger partial charge in [0.25, 0.3) is 0 Å². The molecular weight excluding hydrogens is 779 g/mol. The molecule has 11 aromatic rings. The van der Waals surface area contributed by atoms with Gasteiger partial charge in [0, 0.05) is 55.8 Å². The summed E-state index contributed by atoms with van der Waals surface area (Å²) in [7, 11) is 0. The molecule has 64 heavy (non-hydrogen) atoms. The molecular formula is C57H37BN6. The van der Waals surface area contributed by atoms with Crippen LogP contribution in [0.1, 0.15) is 0 Å². The fraction of sp³-hybridized carbons (Fsp3) is 0. The molecule has 0 unspecified atom stereocenters. The third-order valence-corrected chi connectivity index (χ3v) is 12.8. The van der Waals surface area contributed by atoms with Crippen molar-refractivity contribution in [3.8, 4) is 62.1 Å². The SMILES string of the molecule is c1ccc(-c2nc(-c3ccccc3)nc(-n3c4ccccc4c4cc(-c5ccc6c(c5)-c5cccc7c5B(N(c5ccccc5)c5ccccc5-7)N6c5ccccc5)ccc43)n2)cc1. The number of aromatic nitrogens is 4. The average molecular weight is 817 g/mol. The second-order valence-electron chi connectivity index (χ2n) is 16.4. The Morgan fingerprint density at radius 3 is 1.50 bits per heavy atom. The van der Waals surface area contributed by atoms with E-state index in [1.54, 1.807) is 0 Å².